The summed E-state index contributed by atoms with van der Waals surface area (Å²) in [4.78, 5) is 20.4. The minimum absolute atomic E-state index is 0.0481. The van der Waals surface area contributed by atoms with Crippen LogP contribution in [0.1, 0.15) is 0 Å². The Balaban J connectivity index is 0.000000168. The Morgan fingerprint density at radius 3 is 1.17 bits per heavy atom. The first kappa shape index (κ1) is 28.4. The summed E-state index contributed by atoms with van der Waals surface area (Å²) in [5.41, 5.74) is 4.91. The molecule has 0 aliphatic carbocycles. The van der Waals surface area contributed by atoms with Gasteiger partial charge in [0, 0.05) is 44.3 Å². The van der Waals surface area contributed by atoms with E-state index in [2.05, 4.69) is 52.5 Å². The van der Waals surface area contributed by atoms with Crippen LogP contribution in [0.2, 0.25) is 0 Å². The van der Waals surface area contributed by atoms with Crippen LogP contribution in [0, 0.1) is 20.2 Å². The zero-order chi connectivity index (χ0) is 29.6. The maximum absolute atomic E-state index is 10.6. The summed E-state index contributed by atoms with van der Waals surface area (Å²) in [6.07, 6.45) is 3.56. The Labute approximate surface area is 254 Å². The summed E-state index contributed by atoms with van der Waals surface area (Å²) in [7, 11) is 0. The predicted octanol–water partition coefficient (Wildman–Crippen LogP) is 7.21. The van der Waals surface area contributed by atoms with Gasteiger partial charge < -0.3 is 0 Å². The van der Waals surface area contributed by atoms with Gasteiger partial charge in [0.1, 0.15) is 11.4 Å². The molecule has 0 aliphatic heterocycles. The van der Waals surface area contributed by atoms with Gasteiger partial charge in [-0.2, -0.15) is 0 Å². The Morgan fingerprint density at radius 1 is 0.524 bits per heavy atom. The first-order valence-corrected chi connectivity index (χ1v) is 13.7. The van der Waals surface area contributed by atoms with Gasteiger partial charge in [-0.3, -0.25) is 20.2 Å². The van der Waals surface area contributed by atoms with Crippen molar-refractivity contribution < 1.29 is 9.85 Å². The largest absolute Gasteiger partial charge is 0.269 e. The van der Waals surface area contributed by atoms with E-state index in [-0.39, 0.29) is 11.4 Å². The highest BCUT2D eigenvalue weighted by Gasteiger charge is 2.09. The Hall–Kier alpha value is -5.08. The minimum atomic E-state index is -0.432. The molecule has 0 radical (unpaired) electrons. The second-order valence-electron chi connectivity index (χ2n) is 8.66. The van der Waals surface area contributed by atoms with E-state index in [9.17, 15) is 20.2 Å². The van der Waals surface area contributed by atoms with Crippen LogP contribution in [-0.4, -0.2) is 39.8 Å². The van der Waals surface area contributed by atoms with Gasteiger partial charge in [0.05, 0.1) is 33.6 Å². The molecule has 6 aromatic rings. The molecule has 0 aliphatic rings. The van der Waals surface area contributed by atoms with E-state index in [1.165, 1.54) is 24.3 Å². The molecule has 208 valence electrons. The van der Waals surface area contributed by atoms with Gasteiger partial charge in [-0.05, 0) is 48.5 Å². The van der Waals surface area contributed by atoms with Crippen LogP contribution in [0.25, 0.3) is 33.9 Å². The van der Waals surface area contributed by atoms with E-state index in [1.54, 1.807) is 46.0 Å². The highest BCUT2D eigenvalue weighted by molar-refractivity contribution is 9.10. The summed E-state index contributed by atoms with van der Waals surface area (Å²) >= 11 is 6.76. The fourth-order valence-corrected chi connectivity index (χ4v) is 4.27. The molecular formula is C28H18Br2N8O4. The number of nitro groups is 2. The summed E-state index contributed by atoms with van der Waals surface area (Å²) in [5.74, 6) is 0. The van der Waals surface area contributed by atoms with E-state index in [0.717, 1.165) is 42.8 Å². The molecule has 12 nitrogen and oxygen atoms in total. The second kappa shape index (κ2) is 12.6. The summed E-state index contributed by atoms with van der Waals surface area (Å²) in [6.45, 7) is 0. The van der Waals surface area contributed by atoms with Gasteiger partial charge in [0.25, 0.3) is 11.4 Å². The predicted molar refractivity (Wildman–Crippen MR) is 162 cm³/mol. The van der Waals surface area contributed by atoms with E-state index >= 15 is 0 Å². The lowest BCUT2D eigenvalue weighted by atomic mass is 10.2. The molecule has 0 saturated heterocycles. The molecule has 6 rings (SSSR count). The van der Waals surface area contributed by atoms with Crippen molar-refractivity contribution >= 4 is 43.2 Å². The van der Waals surface area contributed by atoms with Gasteiger partial charge in [-0.1, -0.05) is 66.6 Å². The summed E-state index contributed by atoms with van der Waals surface area (Å²) < 4.78 is 5.16. The molecule has 2 heterocycles. The summed E-state index contributed by atoms with van der Waals surface area (Å²) in [6, 6.07) is 27.8. The molecule has 0 fully saturated rings. The lowest BCUT2D eigenvalue weighted by Gasteiger charge is -1.99. The molecule has 42 heavy (non-hydrogen) atoms. The molecule has 0 atom stereocenters. The lowest BCUT2D eigenvalue weighted by Crippen LogP contribution is -1.95. The van der Waals surface area contributed by atoms with E-state index in [1.807, 2.05) is 48.5 Å². The number of aromatic nitrogens is 6. The number of halogens is 2. The van der Waals surface area contributed by atoms with Crippen LogP contribution in [0.4, 0.5) is 11.4 Å². The molecule has 0 amide bonds. The average Bonchev–Trinajstić information content (AvgIpc) is 3.70. The number of nitrogens with zero attached hydrogens (tertiary/aromatic N) is 8. The van der Waals surface area contributed by atoms with Crippen molar-refractivity contribution in [2.45, 2.75) is 0 Å². The van der Waals surface area contributed by atoms with Crippen molar-refractivity contribution in [2.75, 3.05) is 0 Å². The Kier molecular flexibility index (Phi) is 8.55. The van der Waals surface area contributed by atoms with Crippen molar-refractivity contribution in [2.24, 2.45) is 0 Å². The molecule has 0 N–H and O–H groups in total. The molecule has 0 spiro atoms. The highest BCUT2D eigenvalue weighted by Crippen LogP contribution is 2.23. The minimum Gasteiger partial charge on any atom is -0.258 e. The molecule has 0 unspecified atom stereocenters. The van der Waals surface area contributed by atoms with Crippen LogP contribution < -0.4 is 0 Å². The fourth-order valence-electron chi connectivity index (χ4n) is 3.74. The Bertz CT molecular complexity index is 1700. The van der Waals surface area contributed by atoms with Crippen molar-refractivity contribution in [3.63, 3.8) is 0 Å². The quantitative estimate of drug-likeness (QED) is 0.132. The van der Waals surface area contributed by atoms with Crippen LogP contribution in [0.3, 0.4) is 0 Å². The molecule has 0 saturated carbocycles. The number of benzene rings is 4. The van der Waals surface area contributed by atoms with Crippen LogP contribution >= 0.6 is 31.9 Å². The van der Waals surface area contributed by atoms with Gasteiger partial charge in [-0.25, -0.2) is 9.36 Å². The highest BCUT2D eigenvalue weighted by atomic mass is 79.9. The van der Waals surface area contributed by atoms with Crippen LogP contribution in [0.15, 0.2) is 118 Å². The van der Waals surface area contributed by atoms with Gasteiger partial charge in [0.15, 0.2) is 0 Å². The third-order valence-electron chi connectivity index (χ3n) is 5.92. The molecule has 0 bridgehead atoms. The SMILES string of the molecule is O=[N+]([O-])c1ccc(-n2cc(-c3ccc(Br)cc3)nn2)cc1.O=[N+]([O-])c1ccc(-n2cc(-c3ccc(Br)cc3)nn2)cc1. The van der Waals surface area contributed by atoms with Gasteiger partial charge in [-0.15, -0.1) is 10.2 Å². The van der Waals surface area contributed by atoms with Crippen molar-refractivity contribution in [3.05, 3.63) is 139 Å². The monoisotopic (exact) mass is 688 g/mol. The number of non-ortho nitro benzene ring substituents is 2. The molecule has 14 heteroatoms. The zero-order valence-corrected chi connectivity index (χ0v) is 24.5. The summed E-state index contributed by atoms with van der Waals surface area (Å²) in [5, 5.41) is 37.6. The third kappa shape index (κ3) is 6.79. The van der Waals surface area contributed by atoms with Crippen molar-refractivity contribution in [1.82, 2.24) is 30.0 Å². The number of rotatable bonds is 6. The maximum Gasteiger partial charge on any atom is 0.269 e. The molecule has 4 aromatic carbocycles. The third-order valence-corrected chi connectivity index (χ3v) is 6.97. The second-order valence-corrected chi connectivity index (χ2v) is 10.5. The first-order valence-electron chi connectivity index (χ1n) is 12.1. The van der Waals surface area contributed by atoms with Crippen LogP contribution in [0.5, 0.6) is 0 Å². The maximum atomic E-state index is 10.6. The molecule has 2 aromatic heterocycles. The van der Waals surface area contributed by atoms with E-state index < -0.39 is 9.85 Å². The Morgan fingerprint density at radius 2 is 0.857 bits per heavy atom. The number of nitro benzene ring substituents is 2. The fraction of sp³-hybridized carbons (Fsp3) is 0. The van der Waals surface area contributed by atoms with E-state index in [0.29, 0.717) is 0 Å². The first-order chi connectivity index (χ1) is 20.3. The zero-order valence-electron chi connectivity index (χ0n) is 21.4. The smallest absolute Gasteiger partial charge is 0.258 e. The van der Waals surface area contributed by atoms with E-state index in [4.69, 9.17) is 0 Å². The van der Waals surface area contributed by atoms with Gasteiger partial charge >= 0.3 is 0 Å². The number of hydrogen-bond donors (Lipinski definition) is 0. The van der Waals surface area contributed by atoms with Crippen molar-refractivity contribution in [1.29, 1.82) is 0 Å². The normalized spacial score (nSPS) is 10.5. The van der Waals surface area contributed by atoms with Crippen molar-refractivity contribution in [3.8, 4) is 33.9 Å². The lowest BCUT2D eigenvalue weighted by molar-refractivity contribution is -0.385. The molecular weight excluding hydrogens is 672 g/mol. The van der Waals surface area contributed by atoms with Gasteiger partial charge in [0.2, 0.25) is 0 Å². The average molecular weight is 690 g/mol. The standard InChI is InChI=1S/2C14H9BrN4O2/c2*15-11-3-1-10(2-4-11)14-9-18(17-16-14)12-5-7-13(8-6-12)19(20)21/h2*1-9H. The number of hydrogen-bond acceptors (Lipinski definition) is 8. The topological polar surface area (TPSA) is 148 Å². The van der Waals surface area contributed by atoms with Crippen LogP contribution in [-0.2, 0) is 0 Å².